The molecular formula is C11H12FNO3. The van der Waals surface area contributed by atoms with Crippen molar-refractivity contribution in [2.24, 2.45) is 0 Å². The molecule has 1 aliphatic heterocycles. The minimum Gasteiger partial charge on any atom is -0.484 e. The van der Waals surface area contributed by atoms with Gasteiger partial charge in [-0.3, -0.25) is 4.79 Å². The average Bonchev–Trinajstić information content (AvgIpc) is 2.81. The van der Waals surface area contributed by atoms with E-state index >= 15 is 0 Å². The Morgan fingerprint density at radius 2 is 2.19 bits per heavy atom. The molecule has 0 saturated carbocycles. The van der Waals surface area contributed by atoms with Crippen molar-refractivity contribution >= 4 is 5.91 Å². The summed E-state index contributed by atoms with van der Waals surface area (Å²) in [5.74, 6) is 0.0308. The molecule has 1 heterocycles. The molecule has 1 saturated heterocycles. The van der Waals surface area contributed by atoms with Gasteiger partial charge in [0, 0.05) is 6.54 Å². The first-order chi connectivity index (χ1) is 7.75. The first-order valence-corrected chi connectivity index (χ1v) is 4.99. The molecule has 1 amide bonds. The summed E-state index contributed by atoms with van der Waals surface area (Å²) in [5, 5.41) is 0. The summed E-state index contributed by atoms with van der Waals surface area (Å²) in [7, 11) is 0. The van der Waals surface area contributed by atoms with Crippen molar-refractivity contribution in [3.8, 4) is 5.75 Å². The summed E-state index contributed by atoms with van der Waals surface area (Å²) in [5.41, 5.74) is 0. The van der Waals surface area contributed by atoms with E-state index in [2.05, 4.69) is 0 Å². The minimum absolute atomic E-state index is 0.0466. The molecule has 5 heteroatoms. The minimum atomic E-state index is -0.327. The number of ether oxygens (including phenoxy) is 2. The summed E-state index contributed by atoms with van der Waals surface area (Å²) in [6, 6.07) is 5.56. The summed E-state index contributed by atoms with van der Waals surface area (Å²) in [6.07, 6.45) is 0. The third-order valence-electron chi connectivity index (χ3n) is 2.28. The van der Waals surface area contributed by atoms with Crippen LogP contribution in [-0.2, 0) is 9.53 Å². The molecule has 1 aromatic carbocycles. The topological polar surface area (TPSA) is 38.8 Å². The fourth-order valence-electron chi connectivity index (χ4n) is 1.38. The van der Waals surface area contributed by atoms with Gasteiger partial charge in [-0.25, -0.2) is 4.39 Å². The summed E-state index contributed by atoms with van der Waals surface area (Å²) in [4.78, 5) is 13.1. The highest BCUT2D eigenvalue weighted by molar-refractivity contribution is 5.77. The van der Waals surface area contributed by atoms with Crippen molar-refractivity contribution in [2.45, 2.75) is 0 Å². The maximum Gasteiger partial charge on any atom is 0.262 e. The van der Waals surface area contributed by atoms with Crippen LogP contribution in [0.2, 0.25) is 0 Å². The molecule has 0 aliphatic carbocycles. The van der Waals surface area contributed by atoms with Gasteiger partial charge in [0.1, 0.15) is 18.3 Å². The fourth-order valence-corrected chi connectivity index (χ4v) is 1.38. The van der Waals surface area contributed by atoms with Crippen LogP contribution in [0.1, 0.15) is 0 Å². The Labute approximate surface area is 92.6 Å². The van der Waals surface area contributed by atoms with E-state index in [0.717, 1.165) is 0 Å². The van der Waals surface area contributed by atoms with Crippen LogP contribution in [-0.4, -0.2) is 37.3 Å². The predicted octanol–water partition coefficient (Wildman–Crippen LogP) is 1.02. The van der Waals surface area contributed by atoms with Gasteiger partial charge in [-0.2, -0.15) is 0 Å². The molecular weight excluding hydrogens is 213 g/mol. The van der Waals surface area contributed by atoms with E-state index in [9.17, 15) is 9.18 Å². The number of nitrogens with zero attached hydrogens (tertiary/aromatic N) is 1. The van der Waals surface area contributed by atoms with E-state index in [-0.39, 0.29) is 18.3 Å². The lowest BCUT2D eigenvalue weighted by atomic mass is 10.3. The van der Waals surface area contributed by atoms with Gasteiger partial charge >= 0.3 is 0 Å². The van der Waals surface area contributed by atoms with Gasteiger partial charge in [0.25, 0.3) is 5.91 Å². The zero-order valence-corrected chi connectivity index (χ0v) is 8.69. The smallest absolute Gasteiger partial charge is 0.262 e. The molecule has 0 N–H and O–H groups in total. The van der Waals surface area contributed by atoms with Gasteiger partial charge in [0.2, 0.25) is 0 Å². The largest absolute Gasteiger partial charge is 0.484 e. The Morgan fingerprint density at radius 1 is 1.44 bits per heavy atom. The van der Waals surface area contributed by atoms with E-state index in [1.54, 1.807) is 4.90 Å². The molecule has 16 heavy (non-hydrogen) atoms. The molecule has 0 unspecified atom stereocenters. The second-order valence-electron chi connectivity index (χ2n) is 3.44. The van der Waals surface area contributed by atoms with Crippen molar-refractivity contribution in [2.75, 3.05) is 26.5 Å². The van der Waals surface area contributed by atoms with Crippen LogP contribution in [0.3, 0.4) is 0 Å². The van der Waals surface area contributed by atoms with Crippen LogP contribution in [0, 0.1) is 5.82 Å². The van der Waals surface area contributed by atoms with Crippen molar-refractivity contribution in [1.82, 2.24) is 4.90 Å². The van der Waals surface area contributed by atoms with Gasteiger partial charge in [-0.15, -0.1) is 0 Å². The lowest BCUT2D eigenvalue weighted by Gasteiger charge is -2.13. The maximum absolute atomic E-state index is 12.6. The highest BCUT2D eigenvalue weighted by Gasteiger charge is 2.18. The van der Waals surface area contributed by atoms with E-state index < -0.39 is 0 Å². The standard InChI is InChI=1S/C11H12FNO3/c12-9-1-3-10(4-2-9)16-7-11(14)13-5-6-15-8-13/h1-4H,5-8H2. The molecule has 0 spiro atoms. The lowest BCUT2D eigenvalue weighted by Crippen LogP contribution is -2.32. The van der Waals surface area contributed by atoms with Crippen LogP contribution in [0.25, 0.3) is 0 Å². The second kappa shape index (κ2) is 4.94. The Bertz CT molecular complexity index is 360. The third kappa shape index (κ3) is 2.70. The fraction of sp³-hybridized carbons (Fsp3) is 0.364. The number of rotatable bonds is 3. The van der Waals surface area contributed by atoms with Crippen molar-refractivity contribution in [3.63, 3.8) is 0 Å². The second-order valence-corrected chi connectivity index (χ2v) is 3.44. The van der Waals surface area contributed by atoms with Crippen LogP contribution >= 0.6 is 0 Å². The van der Waals surface area contributed by atoms with Crippen molar-refractivity contribution < 1.29 is 18.7 Å². The summed E-state index contributed by atoms with van der Waals surface area (Å²) >= 11 is 0. The molecule has 4 nitrogen and oxygen atoms in total. The van der Waals surface area contributed by atoms with Gasteiger partial charge in [-0.05, 0) is 24.3 Å². The van der Waals surface area contributed by atoms with Gasteiger partial charge in [0.15, 0.2) is 6.61 Å². The van der Waals surface area contributed by atoms with Crippen LogP contribution < -0.4 is 4.74 Å². The number of hydrogen-bond donors (Lipinski definition) is 0. The first-order valence-electron chi connectivity index (χ1n) is 4.99. The van der Waals surface area contributed by atoms with E-state index in [0.29, 0.717) is 25.6 Å². The molecule has 1 aliphatic rings. The number of benzene rings is 1. The van der Waals surface area contributed by atoms with Gasteiger partial charge < -0.3 is 14.4 Å². The van der Waals surface area contributed by atoms with Crippen molar-refractivity contribution in [3.05, 3.63) is 30.1 Å². The van der Waals surface area contributed by atoms with E-state index in [4.69, 9.17) is 9.47 Å². The van der Waals surface area contributed by atoms with Crippen LogP contribution in [0.4, 0.5) is 4.39 Å². The molecule has 0 atom stereocenters. The summed E-state index contributed by atoms with van der Waals surface area (Å²) < 4.78 is 22.9. The van der Waals surface area contributed by atoms with Crippen LogP contribution in [0.15, 0.2) is 24.3 Å². The molecule has 1 aromatic rings. The van der Waals surface area contributed by atoms with E-state index in [1.807, 2.05) is 0 Å². The molecule has 2 rings (SSSR count). The Hall–Kier alpha value is -1.62. The van der Waals surface area contributed by atoms with Gasteiger partial charge in [0.05, 0.1) is 6.61 Å². The number of carbonyl (C=O) groups is 1. The molecule has 0 aromatic heterocycles. The first kappa shape index (κ1) is 10.9. The van der Waals surface area contributed by atoms with Gasteiger partial charge in [-0.1, -0.05) is 0 Å². The number of halogens is 1. The Kier molecular flexibility index (Phi) is 3.36. The highest BCUT2D eigenvalue weighted by atomic mass is 19.1. The highest BCUT2D eigenvalue weighted by Crippen LogP contribution is 2.11. The number of hydrogen-bond acceptors (Lipinski definition) is 3. The zero-order chi connectivity index (χ0) is 11.4. The zero-order valence-electron chi connectivity index (χ0n) is 8.69. The summed E-state index contributed by atoms with van der Waals surface area (Å²) in [6.45, 7) is 1.45. The van der Waals surface area contributed by atoms with Crippen molar-refractivity contribution in [1.29, 1.82) is 0 Å². The SMILES string of the molecule is O=C(COc1ccc(F)cc1)N1CCOC1. The molecule has 0 radical (unpaired) electrons. The Morgan fingerprint density at radius 3 is 2.81 bits per heavy atom. The Balaban J connectivity index is 1.82. The quantitative estimate of drug-likeness (QED) is 0.771. The molecule has 86 valence electrons. The molecule has 0 bridgehead atoms. The van der Waals surface area contributed by atoms with Crippen LogP contribution in [0.5, 0.6) is 5.75 Å². The monoisotopic (exact) mass is 225 g/mol. The number of amides is 1. The third-order valence-corrected chi connectivity index (χ3v) is 2.28. The molecule has 1 fully saturated rings. The number of carbonyl (C=O) groups excluding carboxylic acids is 1. The average molecular weight is 225 g/mol. The van der Waals surface area contributed by atoms with E-state index in [1.165, 1.54) is 24.3 Å². The predicted molar refractivity (Wildman–Crippen MR) is 54.4 cm³/mol. The maximum atomic E-state index is 12.6. The lowest BCUT2D eigenvalue weighted by molar-refractivity contribution is -0.133. The normalized spacial score (nSPS) is 15.2.